The van der Waals surface area contributed by atoms with Crippen molar-refractivity contribution in [2.75, 3.05) is 6.54 Å². The molecule has 0 spiro atoms. The fourth-order valence-corrected chi connectivity index (χ4v) is 3.37. The summed E-state index contributed by atoms with van der Waals surface area (Å²) in [5, 5.41) is 7.48. The minimum absolute atomic E-state index is 0.0828. The molecule has 2 atom stereocenters. The molecule has 6 heteroatoms. The molecule has 4 rings (SSSR count). The molecular formula is C15H14FN3O2. The van der Waals surface area contributed by atoms with E-state index in [2.05, 4.69) is 14.9 Å². The molecule has 1 amide bonds. The predicted octanol–water partition coefficient (Wildman–Crippen LogP) is 2.70. The Morgan fingerprint density at radius 2 is 2.19 bits per heavy atom. The number of piperidine rings is 1. The molecule has 1 saturated heterocycles. The first-order chi connectivity index (χ1) is 10.2. The average Bonchev–Trinajstić information content (AvgIpc) is 3.09. The van der Waals surface area contributed by atoms with Gasteiger partial charge in [0.2, 0.25) is 0 Å². The van der Waals surface area contributed by atoms with E-state index < -0.39 is 0 Å². The van der Waals surface area contributed by atoms with E-state index >= 15 is 0 Å². The van der Waals surface area contributed by atoms with Crippen LogP contribution in [0.2, 0.25) is 0 Å². The van der Waals surface area contributed by atoms with Crippen LogP contribution in [0.15, 0.2) is 34.7 Å². The van der Waals surface area contributed by atoms with Gasteiger partial charge < -0.3 is 4.90 Å². The number of benzene rings is 1. The molecule has 1 aromatic carbocycles. The molecule has 108 valence electrons. The first kappa shape index (κ1) is 12.5. The molecule has 0 bridgehead atoms. The molecule has 0 saturated carbocycles. The van der Waals surface area contributed by atoms with Crippen LogP contribution in [-0.4, -0.2) is 33.7 Å². The van der Waals surface area contributed by atoms with E-state index in [1.165, 1.54) is 0 Å². The molecule has 1 fully saturated rings. The zero-order valence-electron chi connectivity index (χ0n) is 11.3. The lowest BCUT2D eigenvalue weighted by Gasteiger charge is -2.37. The van der Waals surface area contributed by atoms with Crippen molar-refractivity contribution in [3.05, 3.63) is 35.7 Å². The summed E-state index contributed by atoms with van der Waals surface area (Å²) >= 11 is 0. The van der Waals surface area contributed by atoms with Gasteiger partial charge in [-0.2, -0.15) is 0 Å². The Hall–Kier alpha value is -2.24. The number of allylic oxidation sites excluding steroid dienone is 1. The van der Waals surface area contributed by atoms with Crippen molar-refractivity contribution >= 4 is 16.9 Å². The topological polar surface area (TPSA) is 59.2 Å². The molecule has 2 heterocycles. The van der Waals surface area contributed by atoms with Gasteiger partial charge in [0, 0.05) is 18.5 Å². The van der Waals surface area contributed by atoms with E-state index in [1.807, 2.05) is 0 Å². The summed E-state index contributed by atoms with van der Waals surface area (Å²) in [5.74, 6) is 0.0431. The number of amides is 1. The smallest absolute Gasteiger partial charge is 0.254 e. The van der Waals surface area contributed by atoms with Gasteiger partial charge in [-0.05, 0) is 53.3 Å². The summed E-state index contributed by atoms with van der Waals surface area (Å²) in [5.41, 5.74) is 1.72. The minimum Gasteiger partial charge on any atom is -0.332 e. The lowest BCUT2D eigenvalue weighted by atomic mass is 9.90. The van der Waals surface area contributed by atoms with Gasteiger partial charge in [-0.25, -0.2) is 9.02 Å². The number of fused-ring (bicyclic) bond motifs is 2. The van der Waals surface area contributed by atoms with E-state index in [-0.39, 0.29) is 23.7 Å². The fourth-order valence-electron chi connectivity index (χ4n) is 3.37. The van der Waals surface area contributed by atoms with Crippen LogP contribution in [0.4, 0.5) is 4.39 Å². The number of carbonyl (C=O) groups excluding carboxylic acids is 1. The van der Waals surface area contributed by atoms with Crippen LogP contribution in [0, 0.1) is 5.92 Å². The Labute approximate surface area is 120 Å². The Morgan fingerprint density at radius 1 is 1.33 bits per heavy atom. The van der Waals surface area contributed by atoms with E-state index in [4.69, 9.17) is 0 Å². The zero-order valence-corrected chi connectivity index (χ0v) is 11.3. The maximum Gasteiger partial charge on any atom is 0.254 e. The van der Waals surface area contributed by atoms with Crippen LogP contribution in [0.3, 0.4) is 0 Å². The van der Waals surface area contributed by atoms with Crippen LogP contribution in [0.5, 0.6) is 0 Å². The number of nitrogens with zero attached hydrogens (tertiary/aromatic N) is 3. The molecule has 0 radical (unpaired) electrons. The van der Waals surface area contributed by atoms with E-state index in [0.29, 0.717) is 29.6 Å². The standard InChI is InChI=1S/C15H14FN3O2/c16-11-6-9-2-1-5-19(14(9)8-11)15(20)10-3-4-12-13(7-10)18-21-17-12/h3-4,7-9,14H,1-2,5-6H2. The Morgan fingerprint density at radius 3 is 3.10 bits per heavy atom. The second kappa shape index (κ2) is 4.65. The van der Waals surface area contributed by atoms with E-state index in [9.17, 15) is 9.18 Å². The molecule has 21 heavy (non-hydrogen) atoms. The molecule has 1 aliphatic heterocycles. The normalized spacial score (nSPS) is 25.0. The predicted molar refractivity (Wildman–Crippen MR) is 73.2 cm³/mol. The van der Waals surface area contributed by atoms with Crippen LogP contribution in [-0.2, 0) is 0 Å². The quantitative estimate of drug-likeness (QED) is 0.809. The van der Waals surface area contributed by atoms with Crippen molar-refractivity contribution in [2.45, 2.75) is 25.3 Å². The summed E-state index contributed by atoms with van der Waals surface area (Å²) in [7, 11) is 0. The number of hydrogen-bond acceptors (Lipinski definition) is 4. The van der Waals surface area contributed by atoms with Gasteiger partial charge in [0.15, 0.2) is 0 Å². The van der Waals surface area contributed by atoms with Gasteiger partial charge in [0.1, 0.15) is 11.0 Å². The van der Waals surface area contributed by atoms with Gasteiger partial charge in [-0.15, -0.1) is 0 Å². The third kappa shape index (κ3) is 2.02. The van der Waals surface area contributed by atoms with Crippen molar-refractivity contribution in [3.8, 4) is 0 Å². The van der Waals surface area contributed by atoms with Crippen molar-refractivity contribution in [1.82, 2.24) is 15.2 Å². The number of hydrogen-bond donors (Lipinski definition) is 0. The number of likely N-dealkylation sites (tertiary alicyclic amines) is 1. The number of rotatable bonds is 1. The Balaban J connectivity index is 1.66. The Kier molecular flexibility index (Phi) is 2.77. The average molecular weight is 287 g/mol. The lowest BCUT2D eigenvalue weighted by molar-refractivity contribution is 0.0597. The summed E-state index contributed by atoms with van der Waals surface area (Å²) in [6, 6.07) is 4.99. The zero-order chi connectivity index (χ0) is 14.4. The maximum atomic E-state index is 13.5. The Bertz CT molecular complexity index is 739. The van der Waals surface area contributed by atoms with Crippen molar-refractivity contribution in [2.24, 2.45) is 5.92 Å². The van der Waals surface area contributed by atoms with Gasteiger partial charge in [0.05, 0.1) is 11.9 Å². The molecule has 1 aliphatic carbocycles. The summed E-state index contributed by atoms with van der Waals surface area (Å²) < 4.78 is 18.2. The molecule has 5 nitrogen and oxygen atoms in total. The van der Waals surface area contributed by atoms with Crippen LogP contribution >= 0.6 is 0 Å². The minimum atomic E-state index is -0.114. The van der Waals surface area contributed by atoms with Gasteiger partial charge in [0.25, 0.3) is 5.91 Å². The third-order valence-corrected chi connectivity index (χ3v) is 4.39. The second-order valence-corrected chi connectivity index (χ2v) is 5.68. The number of carbonyl (C=O) groups is 1. The second-order valence-electron chi connectivity index (χ2n) is 5.68. The molecular weight excluding hydrogens is 273 g/mol. The SMILES string of the molecule is O=C(c1ccc2nonc2c1)N1CCCC2CC(F)=CC21. The highest BCUT2D eigenvalue weighted by atomic mass is 19.1. The van der Waals surface area contributed by atoms with Gasteiger partial charge >= 0.3 is 0 Å². The molecule has 2 aliphatic rings. The number of halogens is 1. The maximum absolute atomic E-state index is 13.5. The third-order valence-electron chi connectivity index (χ3n) is 4.39. The summed E-state index contributed by atoms with van der Waals surface area (Å²) in [6.07, 6.45) is 3.95. The first-order valence-electron chi connectivity index (χ1n) is 7.12. The molecule has 2 unspecified atom stereocenters. The van der Waals surface area contributed by atoms with E-state index in [0.717, 1.165) is 12.8 Å². The first-order valence-corrected chi connectivity index (χ1v) is 7.12. The molecule has 2 aromatic rings. The lowest BCUT2D eigenvalue weighted by Crippen LogP contribution is -2.45. The van der Waals surface area contributed by atoms with Gasteiger partial charge in [-0.3, -0.25) is 4.79 Å². The summed E-state index contributed by atoms with van der Waals surface area (Å²) in [6.45, 7) is 0.666. The highest BCUT2D eigenvalue weighted by molar-refractivity contribution is 5.97. The van der Waals surface area contributed by atoms with Crippen molar-refractivity contribution in [3.63, 3.8) is 0 Å². The fraction of sp³-hybridized carbons (Fsp3) is 0.400. The van der Waals surface area contributed by atoms with Crippen molar-refractivity contribution < 1.29 is 13.8 Å². The number of aromatic nitrogens is 2. The van der Waals surface area contributed by atoms with Crippen molar-refractivity contribution in [1.29, 1.82) is 0 Å². The van der Waals surface area contributed by atoms with E-state index in [1.54, 1.807) is 29.2 Å². The van der Waals surface area contributed by atoms with Crippen LogP contribution in [0.1, 0.15) is 29.6 Å². The highest BCUT2D eigenvalue weighted by Crippen LogP contribution is 2.37. The van der Waals surface area contributed by atoms with Crippen LogP contribution in [0.25, 0.3) is 11.0 Å². The highest BCUT2D eigenvalue weighted by Gasteiger charge is 2.37. The van der Waals surface area contributed by atoms with Gasteiger partial charge in [-0.1, -0.05) is 0 Å². The summed E-state index contributed by atoms with van der Waals surface area (Å²) in [4.78, 5) is 14.5. The largest absolute Gasteiger partial charge is 0.332 e. The monoisotopic (exact) mass is 287 g/mol. The molecule has 0 N–H and O–H groups in total. The van der Waals surface area contributed by atoms with Crippen LogP contribution < -0.4 is 0 Å². The molecule has 1 aromatic heterocycles.